The van der Waals surface area contributed by atoms with Crippen LogP contribution >= 0.6 is 0 Å². The molecule has 1 amide bonds. The molecule has 0 spiro atoms. The third-order valence-corrected chi connectivity index (χ3v) is 3.58. The molecule has 1 aromatic heterocycles. The van der Waals surface area contributed by atoms with E-state index in [1.54, 1.807) is 0 Å². The first kappa shape index (κ1) is 15.8. The number of amides is 1. The minimum absolute atomic E-state index is 0.189. The molecule has 0 unspecified atom stereocenters. The fourth-order valence-electron chi connectivity index (χ4n) is 2.33. The Balaban J connectivity index is 1.59. The molecule has 1 aliphatic rings. The average molecular weight is 332 g/mol. The first-order valence-electron chi connectivity index (χ1n) is 7.43. The maximum absolute atomic E-state index is 12.2. The fraction of sp³-hybridized carbons (Fsp3) is 0.333. The number of rotatable bonds is 3. The zero-order valence-corrected chi connectivity index (χ0v) is 12.8. The van der Waals surface area contributed by atoms with Crippen LogP contribution < -0.4 is 4.74 Å². The Morgan fingerprint density at radius 2 is 2.08 bits per heavy atom. The molecule has 24 heavy (non-hydrogen) atoms. The quantitative estimate of drug-likeness (QED) is 0.628. The van der Waals surface area contributed by atoms with Crippen molar-refractivity contribution >= 4 is 11.9 Å². The van der Waals surface area contributed by atoms with E-state index in [0.29, 0.717) is 19.6 Å². The second kappa shape index (κ2) is 6.99. The number of carbonyl (C=O) groups is 1. The Morgan fingerprint density at radius 3 is 2.83 bits per heavy atom. The van der Waals surface area contributed by atoms with Gasteiger partial charge in [-0.05, 0) is 10.5 Å². The van der Waals surface area contributed by atoms with Gasteiger partial charge in [-0.25, -0.2) is 4.79 Å². The number of aromatic nitrogens is 2. The standard InChI is InChI=1S/C15H16N4O5/c20-15(24-11-12-4-2-1-3-5-12)17-6-7-18-10-13(19(21)22)16-14(18)23-9-8-17/h1-5,10H,6-9,11H2. The van der Waals surface area contributed by atoms with E-state index in [4.69, 9.17) is 9.47 Å². The highest BCUT2D eigenvalue weighted by Gasteiger charge is 2.24. The van der Waals surface area contributed by atoms with E-state index in [0.717, 1.165) is 5.56 Å². The third-order valence-electron chi connectivity index (χ3n) is 3.58. The normalized spacial score (nSPS) is 14.1. The Labute approximate surface area is 137 Å². The zero-order valence-electron chi connectivity index (χ0n) is 12.8. The number of nitro groups is 1. The Morgan fingerprint density at radius 1 is 1.29 bits per heavy atom. The number of nitrogens with zero attached hydrogens (tertiary/aromatic N) is 4. The lowest BCUT2D eigenvalue weighted by molar-refractivity contribution is -0.389. The lowest BCUT2D eigenvalue weighted by atomic mass is 10.2. The number of ether oxygens (including phenoxy) is 2. The maximum Gasteiger partial charge on any atom is 0.414 e. The molecule has 0 fully saturated rings. The first-order valence-corrected chi connectivity index (χ1v) is 7.43. The molecule has 0 radical (unpaired) electrons. The van der Waals surface area contributed by atoms with Gasteiger partial charge in [0.15, 0.2) is 0 Å². The highest BCUT2D eigenvalue weighted by Crippen LogP contribution is 2.19. The van der Waals surface area contributed by atoms with E-state index >= 15 is 0 Å². The molecular weight excluding hydrogens is 316 g/mol. The van der Waals surface area contributed by atoms with Gasteiger partial charge in [0.1, 0.15) is 19.4 Å². The van der Waals surface area contributed by atoms with Crippen LogP contribution in [0.1, 0.15) is 5.56 Å². The lowest BCUT2D eigenvalue weighted by Gasteiger charge is -2.24. The molecule has 9 heteroatoms. The summed E-state index contributed by atoms with van der Waals surface area (Å²) in [6.07, 6.45) is 0.856. The smallest absolute Gasteiger partial charge is 0.414 e. The first-order chi connectivity index (χ1) is 11.6. The van der Waals surface area contributed by atoms with E-state index in [2.05, 4.69) is 4.98 Å². The van der Waals surface area contributed by atoms with E-state index in [1.807, 2.05) is 30.3 Å². The number of hydrogen-bond acceptors (Lipinski definition) is 6. The summed E-state index contributed by atoms with van der Waals surface area (Å²) in [4.78, 5) is 27.7. The van der Waals surface area contributed by atoms with Crippen LogP contribution in [-0.2, 0) is 17.9 Å². The number of benzene rings is 1. The average Bonchev–Trinajstić information content (AvgIpc) is 2.96. The number of imidazole rings is 1. The van der Waals surface area contributed by atoms with Gasteiger partial charge in [-0.1, -0.05) is 30.3 Å². The van der Waals surface area contributed by atoms with Crippen molar-refractivity contribution in [2.75, 3.05) is 19.7 Å². The molecule has 2 heterocycles. The van der Waals surface area contributed by atoms with Gasteiger partial charge in [-0.15, -0.1) is 0 Å². The van der Waals surface area contributed by atoms with Gasteiger partial charge in [-0.2, -0.15) is 0 Å². The summed E-state index contributed by atoms with van der Waals surface area (Å²) in [5.74, 6) is -0.273. The molecule has 0 saturated carbocycles. The minimum atomic E-state index is -0.576. The molecule has 1 aliphatic heterocycles. The monoisotopic (exact) mass is 332 g/mol. The van der Waals surface area contributed by atoms with Gasteiger partial charge < -0.3 is 24.5 Å². The predicted molar refractivity (Wildman–Crippen MR) is 82.6 cm³/mol. The van der Waals surface area contributed by atoms with Crippen molar-refractivity contribution in [3.8, 4) is 6.01 Å². The molecule has 9 nitrogen and oxygen atoms in total. The van der Waals surface area contributed by atoms with E-state index in [9.17, 15) is 14.9 Å². The molecular formula is C15H16N4O5. The Bertz CT molecular complexity index is 731. The summed E-state index contributed by atoms with van der Waals surface area (Å²) in [6, 6.07) is 9.59. The van der Waals surface area contributed by atoms with Crippen LogP contribution in [0.4, 0.5) is 10.6 Å². The van der Waals surface area contributed by atoms with Crippen molar-refractivity contribution in [3.05, 3.63) is 52.2 Å². The van der Waals surface area contributed by atoms with Gasteiger partial charge in [0.2, 0.25) is 0 Å². The summed E-state index contributed by atoms with van der Waals surface area (Å²) in [5.41, 5.74) is 0.904. The third kappa shape index (κ3) is 3.62. The summed E-state index contributed by atoms with van der Waals surface area (Å²) in [7, 11) is 0. The van der Waals surface area contributed by atoms with Crippen molar-refractivity contribution in [2.45, 2.75) is 13.2 Å². The van der Waals surface area contributed by atoms with Gasteiger partial charge in [-0.3, -0.25) is 4.57 Å². The van der Waals surface area contributed by atoms with Crippen LogP contribution in [0.2, 0.25) is 0 Å². The SMILES string of the molecule is O=C(OCc1ccccc1)N1CCOc2nc([N+](=O)[O-])cn2CC1. The van der Waals surface area contributed by atoms with Crippen LogP contribution in [0.5, 0.6) is 6.01 Å². The van der Waals surface area contributed by atoms with Gasteiger partial charge in [0.05, 0.1) is 6.54 Å². The summed E-state index contributed by atoms with van der Waals surface area (Å²) in [5, 5.41) is 10.8. The van der Waals surface area contributed by atoms with E-state index in [-0.39, 0.29) is 25.0 Å². The number of carbonyl (C=O) groups excluding carboxylic acids is 1. The lowest BCUT2D eigenvalue weighted by Crippen LogP contribution is -2.39. The zero-order chi connectivity index (χ0) is 16.9. The molecule has 0 saturated heterocycles. The summed E-state index contributed by atoms with van der Waals surface area (Å²) in [6.45, 7) is 1.41. The second-order valence-corrected chi connectivity index (χ2v) is 5.21. The molecule has 3 rings (SSSR count). The number of hydrogen-bond donors (Lipinski definition) is 0. The van der Waals surface area contributed by atoms with Crippen molar-refractivity contribution in [2.24, 2.45) is 0 Å². The number of fused-ring (bicyclic) bond motifs is 1. The molecule has 0 N–H and O–H groups in total. The molecule has 0 atom stereocenters. The highest BCUT2D eigenvalue weighted by atomic mass is 16.6. The van der Waals surface area contributed by atoms with Crippen LogP contribution in [0.25, 0.3) is 0 Å². The molecule has 0 aliphatic carbocycles. The molecule has 0 bridgehead atoms. The molecule has 2 aromatic rings. The van der Waals surface area contributed by atoms with Crippen molar-refractivity contribution in [1.82, 2.24) is 14.5 Å². The largest absolute Gasteiger partial charge is 0.445 e. The van der Waals surface area contributed by atoms with Crippen molar-refractivity contribution in [1.29, 1.82) is 0 Å². The highest BCUT2D eigenvalue weighted by molar-refractivity contribution is 5.67. The van der Waals surface area contributed by atoms with Crippen molar-refractivity contribution < 1.29 is 19.2 Å². The van der Waals surface area contributed by atoms with Crippen LogP contribution in [-0.4, -0.2) is 45.2 Å². The van der Waals surface area contributed by atoms with Gasteiger partial charge in [0.25, 0.3) is 0 Å². The Kier molecular flexibility index (Phi) is 4.59. The van der Waals surface area contributed by atoms with Crippen LogP contribution in [0.3, 0.4) is 0 Å². The summed E-state index contributed by atoms with van der Waals surface area (Å²) < 4.78 is 12.2. The van der Waals surface area contributed by atoms with Crippen molar-refractivity contribution in [3.63, 3.8) is 0 Å². The Hall–Kier alpha value is -3.10. The van der Waals surface area contributed by atoms with Crippen LogP contribution in [0, 0.1) is 10.1 Å². The minimum Gasteiger partial charge on any atom is -0.445 e. The second-order valence-electron chi connectivity index (χ2n) is 5.21. The fourth-order valence-corrected chi connectivity index (χ4v) is 2.33. The van der Waals surface area contributed by atoms with E-state index < -0.39 is 11.0 Å². The van der Waals surface area contributed by atoms with Gasteiger partial charge >= 0.3 is 17.9 Å². The van der Waals surface area contributed by atoms with Gasteiger partial charge in [0, 0.05) is 18.1 Å². The molecule has 126 valence electrons. The molecule has 1 aromatic carbocycles. The predicted octanol–water partition coefficient (Wildman–Crippen LogP) is 1.82. The summed E-state index contributed by atoms with van der Waals surface area (Å²) >= 11 is 0. The topological polar surface area (TPSA) is 99.7 Å². The maximum atomic E-state index is 12.2. The van der Waals surface area contributed by atoms with E-state index in [1.165, 1.54) is 15.7 Å². The van der Waals surface area contributed by atoms with Crippen LogP contribution in [0.15, 0.2) is 36.5 Å².